The maximum atomic E-state index is 10.8. The van der Waals surface area contributed by atoms with Crippen molar-refractivity contribution < 1.29 is 14.7 Å². The number of aliphatic hydroxyl groups is 1. The van der Waals surface area contributed by atoms with Crippen LogP contribution in [0.1, 0.15) is 18.1 Å². The van der Waals surface area contributed by atoms with Crippen LogP contribution in [0.5, 0.6) is 0 Å². The van der Waals surface area contributed by atoms with Gasteiger partial charge in [0.25, 0.3) is 0 Å². The molecule has 1 aromatic rings. The summed E-state index contributed by atoms with van der Waals surface area (Å²) in [6.07, 6.45) is -0.471. The summed E-state index contributed by atoms with van der Waals surface area (Å²) in [6.45, 7) is 0.162. The Hall–Kier alpha value is -1.59. The molecule has 0 saturated heterocycles. The van der Waals surface area contributed by atoms with Gasteiger partial charge in [-0.2, -0.15) is 0 Å². The number of benzene rings is 1. The van der Waals surface area contributed by atoms with Crippen LogP contribution in [-0.4, -0.2) is 23.5 Å². The number of aliphatic hydroxyl groups excluding tert-OH is 1. The molecule has 1 aromatic carbocycles. The molecule has 92 valence electrons. The van der Waals surface area contributed by atoms with Crippen molar-refractivity contribution in [3.8, 4) is 0 Å². The number of nitrogens with one attached hydrogen (secondary N) is 1. The molecule has 0 fully saturated rings. The monoisotopic (exact) mass is 256 g/mol. The van der Waals surface area contributed by atoms with Crippen molar-refractivity contribution in [3.05, 3.63) is 34.9 Å². The second kappa shape index (κ2) is 6.22. The number of primary amides is 1. The molecular weight excluding hydrogens is 244 g/mol. The summed E-state index contributed by atoms with van der Waals surface area (Å²) in [5.74, 6) is -1.90. The van der Waals surface area contributed by atoms with Gasteiger partial charge in [-0.3, -0.25) is 9.59 Å². The van der Waals surface area contributed by atoms with Crippen molar-refractivity contribution >= 4 is 23.4 Å². The van der Waals surface area contributed by atoms with E-state index < -0.39 is 17.9 Å². The molecule has 4 N–H and O–H groups in total. The first-order valence-corrected chi connectivity index (χ1v) is 5.39. The predicted octanol–water partition coefficient (Wildman–Crippen LogP) is 0.365. The van der Waals surface area contributed by atoms with Crippen LogP contribution in [0, 0.1) is 0 Å². The molecule has 0 aliphatic heterocycles. The van der Waals surface area contributed by atoms with Gasteiger partial charge in [0.2, 0.25) is 0 Å². The maximum absolute atomic E-state index is 10.8. The van der Waals surface area contributed by atoms with Crippen molar-refractivity contribution in [2.45, 2.75) is 12.5 Å². The standard InChI is InChI=1S/C11H13ClN2O3/c12-8-3-1-2-7(6-8)9(15)4-5-14-11(17)10(13)16/h1-3,6,9,15H,4-5H2,(H2,13,16)(H,14,17). The lowest BCUT2D eigenvalue weighted by Gasteiger charge is -2.11. The zero-order valence-corrected chi connectivity index (χ0v) is 9.78. The number of carbonyl (C=O) groups is 2. The zero-order chi connectivity index (χ0) is 12.8. The van der Waals surface area contributed by atoms with E-state index in [1.165, 1.54) is 0 Å². The summed E-state index contributed by atoms with van der Waals surface area (Å²) in [4.78, 5) is 21.2. The maximum Gasteiger partial charge on any atom is 0.309 e. The lowest BCUT2D eigenvalue weighted by atomic mass is 10.1. The van der Waals surface area contributed by atoms with E-state index in [2.05, 4.69) is 5.32 Å². The van der Waals surface area contributed by atoms with Crippen LogP contribution in [0.3, 0.4) is 0 Å². The Bertz CT molecular complexity index is 423. The highest BCUT2D eigenvalue weighted by Gasteiger charge is 2.11. The predicted molar refractivity (Wildman–Crippen MR) is 63.2 cm³/mol. The third-order valence-corrected chi connectivity index (χ3v) is 2.40. The van der Waals surface area contributed by atoms with Crippen molar-refractivity contribution in [3.63, 3.8) is 0 Å². The first kappa shape index (κ1) is 13.5. The molecule has 0 radical (unpaired) electrons. The van der Waals surface area contributed by atoms with Crippen molar-refractivity contribution in [2.75, 3.05) is 6.54 Å². The van der Waals surface area contributed by atoms with Crippen LogP contribution >= 0.6 is 11.6 Å². The van der Waals surface area contributed by atoms with E-state index in [-0.39, 0.29) is 13.0 Å². The number of halogens is 1. The molecular formula is C11H13ClN2O3. The summed E-state index contributed by atoms with van der Waals surface area (Å²) in [6, 6.07) is 6.80. The summed E-state index contributed by atoms with van der Waals surface area (Å²) in [5, 5.41) is 12.6. The van der Waals surface area contributed by atoms with Gasteiger partial charge in [0.1, 0.15) is 0 Å². The van der Waals surface area contributed by atoms with Crippen LogP contribution in [0.25, 0.3) is 0 Å². The fourth-order valence-corrected chi connectivity index (χ4v) is 1.49. The minimum Gasteiger partial charge on any atom is -0.388 e. The summed E-state index contributed by atoms with van der Waals surface area (Å²) >= 11 is 5.77. The Balaban J connectivity index is 2.42. The smallest absolute Gasteiger partial charge is 0.309 e. The number of carbonyl (C=O) groups excluding carboxylic acids is 2. The fourth-order valence-electron chi connectivity index (χ4n) is 1.29. The van der Waals surface area contributed by atoms with Crippen molar-refractivity contribution in [1.82, 2.24) is 5.32 Å². The van der Waals surface area contributed by atoms with Crippen LogP contribution in [0.4, 0.5) is 0 Å². The van der Waals surface area contributed by atoms with E-state index in [0.29, 0.717) is 10.6 Å². The first-order chi connectivity index (χ1) is 8.00. The van der Waals surface area contributed by atoms with Gasteiger partial charge >= 0.3 is 11.8 Å². The molecule has 0 heterocycles. The average Bonchev–Trinajstić information content (AvgIpc) is 2.28. The lowest BCUT2D eigenvalue weighted by Crippen LogP contribution is -2.36. The Kier molecular flexibility index (Phi) is 4.93. The second-order valence-corrected chi connectivity index (χ2v) is 3.92. The highest BCUT2D eigenvalue weighted by molar-refractivity contribution is 6.34. The number of rotatable bonds is 4. The van der Waals surface area contributed by atoms with Crippen LogP contribution in [0.2, 0.25) is 5.02 Å². The third kappa shape index (κ3) is 4.42. The molecule has 17 heavy (non-hydrogen) atoms. The molecule has 0 aromatic heterocycles. The molecule has 2 amide bonds. The van der Waals surface area contributed by atoms with Crippen LogP contribution < -0.4 is 11.1 Å². The van der Waals surface area contributed by atoms with Gasteiger partial charge in [0, 0.05) is 11.6 Å². The molecule has 1 unspecified atom stereocenters. The zero-order valence-electron chi connectivity index (χ0n) is 9.02. The van der Waals surface area contributed by atoms with Crippen LogP contribution in [0.15, 0.2) is 24.3 Å². The molecule has 0 spiro atoms. The Morgan fingerprint density at radius 2 is 2.18 bits per heavy atom. The normalized spacial score (nSPS) is 11.9. The van der Waals surface area contributed by atoms with Gasteiger partial charge < -0.3 is 16.2 Å². The number of hydrogen-bond donors (Lipinski definition) is 3. The molecule has 0 saturated carbocycles. The largest absolute Gasteiger partial charge is 0.388 e. The van der Waals surface area contributed by atoms with E-state index in [9.17, 15) is 14.7 Å². The Labute approximate surface area is 104 Å². The summed E-state index contributed by atoms with van der Waals surface area (Å²) < 4.78 is 0. The Morgan fingerprint density at radius 1 is 1.47 bits per heavy atom. The van der Waals surface area contributed by atoms with Gasteiger partial charge in [-0.25, -0.2) is 0 Å². The summed E-state index contributed by atoms with van der Waals surface area (Å²) in [7, 11) is 0. The van der Waals surface area contributed by atoms with E-state index in [1.54, 1.807) is 24.3 Å². The van der Waals surface area contributed by atoms with Crippen LogP contribution in [-0.2, 0) is 9.59 Å². The minimum absolute atomic E-state index is 0.162. The van der Waals surface area contributed by atoms with Crippen molar-refractivity contribution in [2.24, 2.45) is 5.73 Å². The van der Waals surface area contributed by atoms with E-state index in [4.69, 9.17) is 17.3 Å². The highest BCUT2D eigenvalue weighted by Crippen LogP contribution is 2.19. The average molecular weight is 257 g/mol. The molecule has 0 bridgehead atoms. The van der Waals surface area contributed by atoms with E-state index in [0.717, 1.165) is 0 Å². The molecule has 0 aliphatic rings. The van der Waals surface area contributed by atoms with Gasteiger partial charge in [0.15, 0.2) is 0 Å². The van der Waals surface area contributed by atoms with Gasteiger partial charge in [0.05, 0.1) is 6.10 Å². The summed E-state index contributed by atoms with van der Waals surface area (Å²) in [5.41, 5.74) is 5.41. The number of hydrogen-bond acceptors (Lipinski definition) is 3. The third-order valence-electron chi connectivity index (χ3n) is 2.16. The topological polar surface area (TPSA) is 92.4 Å². The minimum atomic E-state index is -1.04. The van der Waals surface area contributed by atoms with Crippen molar-refractivity contribution in [1.29, 1.82) is 0 Å². The van der Waals surface area contributed by atoms with E-state index in [1.807, 2.05) is 0 Å². The lowest BCUT2D eigenvalue weighted by molar-refractivity contribution is -0.137. The quantitative estimate of drug-likeness (QED) is 0.680. The molecule has 1 atom stereocenters. The molecule has 1 rings (SSSR count). The van der Waals surface area contributed by atoms with Gasteiger partial charge in [-0.15, -0.1) is 0 Å². The van der Waals surface area contributed by atoms with Gasteiger partial charge in [-0.05, 0) is 24.1 Å². The number of amides is 2. The fraction of sp³-hybridized carbons (Fsp3) is 0.273. The van der Waals surface area contributed by atoms with E-state index >= 15 is 0 Å². The number of nitrogens with two attached hydrogens (primary N) is 1. The second-order valence-electron chi connectivity index (χ2n) is 3.48. The Morgan fingerprint density at radius 3 is 2.76 bits per heavy atom. The first-order valence-electron chi connectivity index (χ1n) is 5.02. The highest BCUT2D eigenvalue weighted by atomic mass is 35.5. The molecule has 0 aliphatic carbocycles. The molecule has 6 heteroatoms. The SMILES string of the molecule is NC(=O)C(=O)NCCC(O)c1cccc(Cl)c1. The molecule has 5 nitrogen and oxygen atoms in total. The van der Waals surface area contributed by atoms with Gasteiger partial charge in [-0.1, -0.05) is 23.7 Å².